The molecular formula is C16H17FN2O2. The number of halogens is 1. The van der Waals surface area contributed by atoms with Crippen LogP contribution in [-0.4, -0.2) is 17.5 Å². The second-order valence-corrected chi connectivity index (χ2v) is 4.83. The van der Waals surface area contributed by atoms with Crippen LogP contribution in [0, 0.1) is 26.6 Å². The summed E-state index contributed by atoms with van der Waals surface area (Å²) in [4.78, 5) is 16.2. The van der Waals surface area contributed by atoms with E-state index in [-0.39, 0.29) is 18.3 Å². The van der Waals surface area contributed by atoms with Crippen molar-refractivity contribution in [2.24, 2.45) is 0 Å². The molecule has 1 amide bonds. The first-order valence-electron chi connectivity index (χ1n) is 6.59. The summed E-state index contributed by atoms with van der Waals surface area (Å²) in [5.41, 5.74) is 3.33. The van der Waals surface area contributed by atoms with Crippen LogP contribution in [0.1, 0.15) is 17.0 Å². The number of benzene rings is 1. The zero-order chi connectivity index (χ0) is 15.4. The van der Waals surface area contributed by atoms with Gasteiger partial charge in [0.05, 0.1) is 11.4 Å². The lowest BCUT2D eigenvalue weighted by molar-refractivity contribution is -0.118. The second kappa shape index (κ2) is 6.35. The van der Waals surface area contributed by atoms with Crippen LogP contribution in [0.2, 0.25) is 0 Å². The maximum absolute atomic E-state index is 12.8. The van der Waals surface area contributed by atoms with Crippen molar-refractivity contribution in [1.82, 2.24) is 4.98 Å². The molecule has 0 fully saturated rings. The number of amides is 1. The molecule has 4 nitrogen and oxygen atoms in total. The largest absolute Gasteiger partial charge is 0.484 e. The van der Waals surface area contributed by atoms with Crippen LogP contribution in [-0.2, 0) is 4.79 Å². The van der Waals surface area contributed by atoms with Crippen LogP contribution >= 0.6 is 0 Å². The monoisotopic (exact) mass is 288 g/mol. The number of nitrogens with one attached hydrogen (secondary N) is 1. The van der Waals surface area contributed by atoms with Crippen molar-refractivity contribution in [3.8, 4) is 5.75 Å². The Morgan fingerprint density at radius 2 is 1.90 bits per heavy atom. The summed E-state index contributed by atoms with van der Waals surface area (Å²) >= 11 is 0. The first-order valence-corrected chi connectivity index (χ1v) is 6.59. The van der Waals surface area contributed by atoms with E-state index >= 15 is 0 Å². The van der Waals surface area contributed by atoms with Gasteiger partial charge in [0.2, 0.25) is 0 Å². The Morgan fingerprint density at radius 1 is 1.24 bits per heavy atom. The second-order valence-electron chi connectivity index (χ2n) is 4.83. The Hall–Kier alpha value is -2.43. The molecule has 0 aliphatic heterocycles. The minimum Gasteiger partial charge on any atom is -0.484 e. The molecule has 1 N–H and O–H groups in total. The molecule has 1 aromatic heterocycles. The Balaban J connectivity index is 1.97. The van der Waals surface area contributed by atoms with E-state index in [2.05, 4.69) is 10.3 Å². The van der Waals surface area contributed by atoms with Crippen LogP contribution < -0.4 is 10.1 Å². The van der Waals surface area contributed by atoms with Gasteiger partial charge in [0.25, 0.3) is 5.91 Å². The summed E-state index contributed by atoms with van der Waals surface area (Å²) < 4.78 is 18.1. The number of carbonyl (C=O) groups excluding carboxylic acids is 1. The molecule has 1 aromatic carbocycles. The van der Waals surface area contributed by atoms with Gasteiger partial charge in [-0.2, -0.15) is 0 Å². The molecule has 0 bridgehead atoms. The lowest BCUT2D eigenvalue weighted by atomic mass is 10.1. The molecule has 0 atom stereocenters. The average Bonchev–Trinajstić information content (AvgIpc) is 2.42. The zero-order valence-electron chi connectivity index (χ0n) is 12.2. The zero-order valence-corrected chi connectivity index (χ0v) is 12.2. The molecule has 2 rings (SSSR count). The first-order chi connectivity index (χ1) is 9.95. The highest BCUT2D eigenvalue weighted by atomic mass is 19.1. The predicted molar refractivity (Wildman–Crippen MR) is 79.0 cm³/mol. The van der Waals surface area contributed by atoms with Gasteiger partial charge in [-0.15, -0.1) is 0 Å². The number of rotatable bonds is 4. The first kappa shape index (κ1) is 15.0. The molecule has 5 heteroatoms. The summed E-state index contributed by atoms with van der Waals surface area (Å²) in [5, 5.41) is 2.79. The van der Waals surface area contributed by atoms with Gasteiger partial charge in [-0.1, -0.05) is 0 Å². The van der Waals surface area contributed by atoms with Gasteiger partial charge in [-0.05, 0) is 56.7 Å². The molecule has 21 heavy (non-hydrogen) atoms. The van der Waals surface area contributed by atoms with E-state index in [0.29, 0.717) is 11.4 Å². The van der Waals surface area contributed by atoms with Gasteiger partial charge < -0.3 is 10.1 Å². The molecule has 0 aliphatic carbocycles. The van der Waals surface area contributed by atoms with Gasteiger partial charge in [-0.25, -0.2) is 4.39 Å². The van der Waals surface area contributed by atoms with Gasteiger partial charge in [0.1, 0.15) is 11.6 Å². The van der Waals surface area contributed by atoms with Crippen LogP contribution in [0.15, 0.2) is 30.3 Å². The highest BCUT2D eigenvalue weighted by molar-refractivity contribution is 5.93. The highest BCUT2D eigenvalue weighted by Gasteiger charge is 2.10. The van der Waals surface area contributed by atoms with Crippen molar-refractivity contribution in [3.63, 3.8) is 0 Å². The minimum atomic E-state index is -0.344. The summed E-state index contributed by atoms with van der Waals surface area (Å²) in [6, 6.07) is 7.43. The molecule has 110 valence electrons. The average molecular weight is 288 g/mol. The topological polar surface area (TPSA) is 51.2 Å². The summed E-state index contributed by atoms with van der Waals surface area (Å²) in [6.45, 7) is 5.52. The van der Waals surface area contributed by atoms with E-state index in [1.54, 1.807) is 0 Å². The fourth-order valence-electron chi connectivity index (χ4n) is 2.07. The third-order valence-electron chi connectivity index (χ3n) is 2.97. The summed E-state index contributed by atoms with van der Waals surface area (Å²) in [5.74, 6) is -0.179. The number of anilines is 1. The number of nitrogens with zero attached hydrogens (tertiary/aromatic N) is 1. The summed E-state index contributed by atoms with van der Waals surface area (Å²) in [6.07, 6.45) is 0. The molecule has 0 radical (unpaired) electrons. The van der Waals surface area contributed by atoms with E-state index < -0.39 is 0 Å². The minimum absolute atomic E-state index is 0.140. The van der Waals surface area contributed by atoms with E-state index in [0.717, 1.165) is 17.0 Å². The van der Waals surface area contributed by atoms with E-state index in [1.165, 1.54) is 24.3 Å². The van der Waals surface area contributed by atoms with Crippen molar-refractivity contribution >= 4 is 11.6 Å². The number of hydrogen-bond donors (Lipinski definition) is 1. The number of carbonyl (C=O) groups is 1. The molecule has 1 heterocycles. The third kappa shape index (κ3) is 4.02. The van der Waals surface area contributed by atoms with Crippen LogP contribution in [0.3, 0.4) is 0 Å². The van der Waals surface area contributed by atoms with Gasteiger partial charge in [0, 0.05) is 5.69 Å². The van der Waals surface area contributed by atoms with Crippen molar-refractivity contribution in [1.29, 1.82) is 0 Å². The number of aryl methyl sites for hydroxylation is 3. The molecule has 0 unspecified atom stereocenters. The van der Waals surface area contributed by atoms with E-state index in [1.807, 2.05) is 26.8 Å². The normalized spacial score (nSPS) is 10.3. The summed E-state index contributed by atoms with van der Waals surface area (Å²) in [7, 11) is 0. The lowest BCUT2D eigenvalue weighted by Gasteiger charge is -2.12. The van der Waals surface area contributed by atoms with Gasteiger partial charge in [0.15, 0.2) is 6.61 Å². The molecule has 0 saturated carbocycles. The Labute approximate surface area is 123 Å². The van der Waals surface area contributed by atoms with Crippen molar-refractivity contribution in [3.05, 3.63) is 53.1 Å². The van der Waals surface area contributed by atoms with Crippen molar-refractivity contribution < 1.29 is 13.9 Å². The number of pyridine rings is 1. The fraction of sp³-hybridized carbons (Fsp3) is 0.250. The third-order valence-corrected chi connectivity index (χ3v) is 2.97. The highest BCUT2D eigenvalue weighted by Crippen LogP contribution is 2.19. The van der Waals surface area contributed by atoms with Gasteiger partial charge >= 0.3 is 0 Å². The molecule has 0 spiro atoms. The Morgan fingerprint density at radius 3 is 2.52 bits per heavy atom. The maximum atomic E-state index is 12.8. The van der Waals surface area contributed by atoms with Crippen LogP contribution in [0.4, 0.5) is 10.1 Å². The van der Waals surface area contributed by atoms with Crippen LogP contribution in [0.25, 0.3) is 0 Å². The lowest BCUT2D eigenvalue weighted by Crippen LogP contribution is -2.21. The van der Waals surface area contributed by atoms with Crippen molar-refractivity contribution in [2.75, 3.05) is 11.9 Å². The Kier molecular flexibility index (Phi) is 4.52. The molecule has 0 saturated heterocycles. The smallest absolute Gasteiger partial charge is 0.262 e. The molecule has 2 aromatic rings. The van der Waals surface area contributed by atoms with Gasteiger partial charge in [-0.3, -0.25) is 9.78 Å². The molecular weight excluding hydrogens is 271 g/mol. The number of ether oxygens (including phenoxy) is 1. The van der Waals surface area contributed by atoms with E-state index in [4.69, 9.17) is 4.74 Å². The Bertz CT molecular complexity index is 631. The predicted octanol–water partition coefficient (Wildman–Crippen LogP) is 3.16. The SMILES string of the molecule is Cc1cc(C)c(NC(=O)COc2ccc(F)cc2)c(C)n1. The quantitative estimate of drug-likeness (QED) is 0.940. The van der Waals surface area contributed by atoms with E-state index in [9.17, 15) is 9.18 Å². The fourth-order valence-corrected chi connectivity index (χ4v) is 2.07. The maximum Gasteiger partial charge on any atom is 0.262 e. The standard InChI is InChI=1S/C16H17FN2O2/c1-10-8-11(2)18-12(3)16(10)19-15(20)9-21-14-6-4-13(17)5-7-14/h4-8H,9H2,1-3H3,(H,19,20). The van der Waals surface area contributed by atoms with Crippen LogP contribution in [0.5, 0.6) is 5.75 Å². The number of hydrogen-bond acceptors (Lipinski definition) is 3. The van der Waals surface area contributed by atoms with Crippen molar-refractivity contribution in [2.45, 2.75) is 20.8 Å². The number of aromatic nitrogens is 1. The molecule has 0 aliphatic rings.